The number of aliphatic hydroxyl groups is 1. The van der Waals surface area contributed by atoms with E-state index < -0.39 is 0 Å². The third kappa shape index (κ3) is 5.09. The summed E-state index contributed by atoms with van der Waals surface area (Å²) >= 11 is 5.98. The summed E-state index contributed by atoms with van der Waals surface area (Å²) < 4.78 is 0. The van der Waals surface area contributed by atoms with Crippen LogP contribution in [-0.2, 0) is 0 Å². The minimum Gasteiger partial charge on any atom is -0.399 e. The van der Waals surface area contributed by atoms with Gasteiger partial charge in [-0.3, -0.25) is 4.79 Å². The van der Waals surface area contributed by atoms with E-state index in [4.69, 9.17) is 22.4 Å². The third-order valence-electron chi connectivity index (χ3n) is 2.98. The number of hydrogen-bond donors (Lipinski definition) is 3. The number of carbonyl (C=O) groups excluding carboxylic acids is 1. The van der Waals surface area contributed by atoms with E-state index in [0.29, 0.717) is 22.8 Å². The first-order valence-electron chi connectivity index (χ1n) is 6.30. The molecule has 106 valence electrons. The van der Waals surface area contributed by atoms with E-state index in [-0.39, 0.29) is 17.9 Å². The molecule has 0 unspecified atom stereocenters. The first-order valence-corrected chi connectivity index (χ1v) is 6.67. The van der Waals surface area contributed by atoms with Gasteiger partial charge in [0, 0.05) is 18.8 Å². The van der Waals surface area contributed by atoms with Gasteiger partial charge in [-0.05, 0) is 36.5 Å². The minimum atomic E-state index is -0.206. The SMILES string of the molecule is CC(C)(CCCO)CNC(=O)c1ccc(N)cc1Cl. The molecule has 5 heteroatoms. The van der Waals surface area contributed by atoms with E-state index in [2.05, 4.69) is 5.32 Å². The van der Waals surface area contributed by atoms with Gasteiger partial charge >= 0.3 is 0 Å². The van der Waals surface area contributed by atoms with Crippen LogP contribution in [0.5, 0.6) is 0 Å². The molecule has 0 saturated carbocycles. The van der Waals surface area contributed by atoms with Crippen molar-refractivity contribution < 1.29 is 9.90 Å². The lowest BCUT2D eigenvalue weighted by atomic mass is 9.88. The van der Waals surface area contributed by atoms with Crippen molar-refractivity contribution in [1.82, 2.24) is 5.32 Å². The molecule has 19 heavy (non-hydrogen) atoms. The monoisotopic (exact) mass is 284 g/mol. The molecule has 0 aliphatic carbocycles. The zero-order valence-electron chi connectivity index (χ0n) is 11.4. The standard InChI is InChI=1S/C14H21ClN2O2/c1-14(2,6-3-7-18)9-17-13(19)11-5-4-10(16)8-12(11)15/h4-5,8,18H,3,6-7,9,16H2,1-2H3,(H,17,19). The van der Waals surface area contributed by atoms with Crippen molar-refractivity contribution >= 4 is 23.2 Å². The Balaban J connectivity index is 2.60. The van der Waals surface area contributed by atoms with Gasteiger partial charge in [0.2, 0.25) is 0 Å². The van der Waals surface area contributed by atoms with Crippen LogP contribution in [0.1, 0.15) is 37.0 Å². The Hall–Kier alpha value is -1.26. The lowest BCUT2D eigenvalue weighted by Gasteiger charge is -2.24. The van der Waals surface area contributed by atoms with Crippen LogP contribution in [0.25, 0.3) is 0 Å². The van der Waals surface area contributed by atoms with Gasteiger partial charge in [-0.25, -0.2) is 0 Å². The molecule has 0 atom stereocenters. The molecule has 0 fully saturated rings. The number of benzene rings is 1. The summed E-state index contributed by atoms with van der Waals surface area (Å²) in [6.45, 7) is 4.80. The first-order chi connectivity index (χ1) is 8.85. The Morgan fingerprint density at radius 3 is 2.74 bits per heavy atom. The molecular weight excluding hydrogens is 264 g/mol. The number of nitrogens with one attached hydrogen (secondary N) is 1. The molecule has 4 N–H and O–H groups in total. The summed E-state index contributed by atoms with van der Waals surface area (Å²) in [4.78, 5) is 12.0. The van der Waals surface area contributed by atoms with E-state index >= 15 is 0 Å². The molecule has 1 rings (SSSR count). The fourth-order valence-electron chi connectivity index (χ4n) is 1.78. The number of carbonyl (C=O) groups is 1. The fourth-order valence-corrected chi connectivity index (χ4v) is 2.05. The van der Waals surface area contributed by atoms with Gasteiger partial charge < -0.3 is 16.2 Å². The molecule has 1 aromatic carbocycles. The highest BCUT2D eigenvalue weighted by Gasteiger charge is 2.19. The van der Waals surface area contributed by atoms with E-state index in [1.165, 1.54) is 0 Å². The van der Waals surface area contributed by atoms with Gasteiger partial charge in [-0.2, -0.15) is 0 Å². The topological polar surface area (TPSA) is 75.3 Å². The number of aliphatic hydroxyl groups excluding tert-OH is 1. The predicted molar refractivity (Wildman–Crippen MR) is 78.3 cm³/mol. The number of amides is 1. The zero-order valence-corrected chi connectivity index (χ0v) is 12.1. The molecule has 0 aliphatic heterocycles. The van der Waals surface area contributed by atoms with Gasteiger partial charge in [0.15, 0.2) is 0 Å². The highest BCUT2D eigenvalue weighted by Crippen LogP contribution is 2.22. The van der Waals surface area contributed by atoms with Gasteiger partial charge in [-0.1, -0.05) is 25.4 Å². The van der Waals surface area contributed by atoms with Gasteiger partial charge in [0.05, 0.1) is 10.6 Å². The van der Waals surface area contributed by atoms with Gasteiger partial charge in [0.25, 0.3) is 5.91 Å². The summed E-state index contributed by atoms with van der Waals surface area (Å²) in [5.74, 6) is -0.206. The van der Waals surface area contributed by atoms with Crippen molar-refractivity contribution in [2.45, 2.75) is 26.7 Å². The Morgan fingerprint density at radius 2 is 2.16 bits per heavy atom. The molecule has 0 saturated heterocycles. The van der Waals surface area contributed by atoms with E-state index in [1.54, 1.807) is 18.2 Å². The molecule has 0 spiro atoms. The van der Waals surface area contributed by atoms with Gasteiger partial charge in [0.1, 0.15) is 0 Å². The maximum absolute atomic E-state index is 12.0. The molecular formula is C14H21ClN2O2. The molecule has 0 radical (unpaired) electrons. The number of nitrogen functional groups attached to an aromatic ring is 1. The average Bonchev–Trinajstić information content (AvgIpc) is 2.34. The van der Waals surface area contributed by atoms with Crippen molar-refractivity contribution in [3.05, 3.63) is 28.8 Å². The molecule has 1 aromatic rings. The van der Waals surface area contributed by atoms with Crippen LogP contribution in [0.15, 0.2) is 18.2 Å². The normalized spacial score (nSPS) is 11.4. The van der Waals surface area contributed by atoms with Crippen molar-refractivity contribution in [2.24, 2.45) is 5.41 Å². The summed E-state index contributed by atoms with van der Waals surface area (Å²) in [7, 11) is 0. The van der Waals surface area contributed by atoms with E-state index in [0.717, 1.165) is 12.8 Å². The maximum atomic E-state index is 12.0. The summed E-state index contributed by atoms with van der Waals surface area (Å²) in [5, 5.41) is 12.0. The van der Waals surface area contributed by atoms with Crippen molar-refractivity contribution in [2.75, 3.05) is 18.9 Å². The van der Waals surface area contributed by atoms with Gasteiger partial charge in [-0.15, -0.1) is 0 Å². The largest absolute Gasteiger partial charge is 0.399 e. The number of hydrogen-bond acceptors (Lipinski definition) is 3. The smallest absolute Gasteiger partial charge is 0.252 e. The number of nitrogens with two attached hydrogens (primary N) is 1. The van der Waals surface area contributed by atoms with E-state index in [9.17, 15) is 4.79 Å². The van der Waals surface area contributed by atoms with Crippen LogP contribution in [-0.4, -0.2) is 24.2 Å². The van der Waals surface area contributed by atoms with Crippen molar-refractivity contribution in [3.63, 3.8) is 0 Å². The highest BCUT2D eigenvalue weighted by atomic mass is 35.5. The van der Waals surface area contributed by atoms with Crippen molar-refractivity contribution in [3.8, 4) is 0 Å². The third-order valence-corrected chi connectivity index (χ3v) is 3.29. The molecule has 0 aromatic heterocycles. The summed E-state index contributed by atoms with van der Waals surface area (Å²) in [6, 6.07) is 4.83. The zero-order chi connectivity index (χ0) is 14.5. The van der Waals surface area contributed by atoms with E-state index in [1.807, 2.05) is 13.8 Å². The van der Waals surface area contributed by atoms with Crippen molar-refractivity contribution in [1.29, 1.82) is 0 Å². The molecule has 0 heterocycles. The number of rotatable bonds is 6. The summed E-state index contributed by atoms with van der Waals surface area (Å²) in [6.07, 6.45) is 1.57. The molecule has 4 nitrogen and oxygen atoms in total. The lowest BCUT2D eigenvalue weighted by Crippen LogP contribution is -2.34. The second-order valence-corrected chi connectivity index (χ2v) is 5.82. The lowest BCUT2D eigenvalue weighted by molar-refractivity contribution is 0.0933. The molecule has 0 bridgehead atoms. The van der Waals surface area contributed by atoms with Crippen LogP contribution in [0.2, 0.25) is 5.02 Å². The Labute approximate surface area is 118 Å². The number of halogens is 1. The number of anilines is 1. The van der Waals surface area contributed by atoms with Crippen LogP contribution >= 0.6 is 11.6 Å². The Bertz CT molecular complexity index is 447. The Kier molecular flexibility index (Phi) is 5.63. The molecule has 1 amide bonds. The minimum absolute atomic E-state index is 0.0569. The second-order valence-electron chi connectivity index (χ2n) is 5.41. The van der Waals surface area contributed by atoms with Crippen LogP contribution in [0.4, 0.5) is 5.69 Å². The van der Waals surface area contributed by atoms with Crippen LogP contribution < -0.4 is 11.1 Å². The Morgan fingerprint density at radius 1 is 1.47 bits per heavy atom. The fraction of sp³-hybridized carbons (Fsp3) is 0.500. The quantitative estimate of drug-likeness (QED) is 0.702. The predicted octanol–water partition coefficient (Wildman–Crippen LogP) is 2.45. The summed E-state index contributed by atoms with van der Waals surface area (Å²) in [5.41, 5.74) is 6.49. The maximum Gasteiger partial charge on any atom is 0.252 e. The second kappa shape index (κ2) is 6.78. The molecule has 0 aliphatic rings. The first kappa shape index (κ1) is 15.8. The van der Waals surface area contributed by atoms with Crippen LogP contribution in [0.3, 0.4) is 0 Å². The highest BCUT2D eigenvalue weighted by molar-refractivity contribution is 6.34. The average molecular weight is 285 g/mol. The van der Waals surface area contributed by atoms with Crippen LogP contribution in [0, 0.1) is 5.41 Å².